The second kappa shape index (κ2) is 10.2. The van der Waals surface area contributed by atoms with Crippen molar-refractivity contribution in [2.75, 3.05) is 31.1 Å². The summed E-state index contributed by atoms with van der Waals surface area (Å²) in [5.41, 5.74) is 0.173. The number of hydrogen-bond acceptors (Lipinski definition) is 6. The van der Waals surface area contributed by atoms with Gasteiger partial charge >= 0.3 is 6.18 Å². The predicted octanol–water partition coefficient (Wildman–Crippen LogP) is 6.38. The molecule has 1 saturated heterocycles. The third kappa shape index (κ3) is 6.18. The standard InChI is InChI=1S/C24H24F4N4OS/c1-16(2)21-15-22(33-19-8-6-18(25)7-9-19)30-23(29-21)31-10-12-32(13-11-31)34-20-5-3-4-17(14-20)24(26,27)28/h3-9,14-16H,10-13H2,1-2H3. The van der Waals surface area contributed by atoms with Crippen LogP contribution in [-0.2, 0) is 6.18 Å². The normalized spacial score (nSPS) is 15.1. The van der Waals surface area contributed by atoms with Gasteiger partial charge in [0, 0.05) is 37.1 Å². The van der Waals surface area contributed by atoms with E-state index in [1.165, 1.54) is 48.3 Å². The number of piperazine rings is 1. The van der Waals surface area contributed by atoms with Crippen LogP contribution in [0, 0.1) is 5.82 Å². The number of ether oxygens (including phenoxy) is 1. The predicted molar refractivity (Wildman–Crippen MR) is 124 cm³/mol. The molecular formula is C24H24F4N4OS. The lowest BCUT2D eigenvalue weighted by Gasteiger charge is -2.34. The highest BCUT2D eigenvalue weighted by molar-refractivity contribution is 7.97. The molecule has 0 N–H and O–H groups in total. The number of benzene rings is 2. The van der Waals surface area contributed by atoms with Crippen LogP contribution in [0.5, 0.6) is 11.6 Å². The largest absolute Gasteiger partial charge is 0.439 e. The van der Waals surface area contributed by atoms with Crippen LogP contribution in [0.25, 0.3) is 0 Å². The smallest absolute Gasteiger partial charge is 0.416 e. The van der Waals surface area contributed by atoms with Crippen LogP contribution in [-0.4, -0.2) is 40.5 Å². The summed E-state index contributed by atoms with van der Waals surface area (Å²) in [5, 5.41) is 0. The molecule has 3 aromatic rings. The third-order valence-electron chi connectivity index (χ3n) is 5.26. The highest BCUT2D eigenvalue weighted by Crippen LogP contribution is 2.33. The number of aromatic nitrogens is 2. The summed E-state index contributed by atoms with van der Waals surface area (Å²) < 4.78 is 60.1. The van der Waals surface area contributed by atoms with Crippen molar-refractivity contribution in [3.63, 3.8) is 0 Å². The second-order valence-corrected chi connectivity index (χ2v) is 9.35. The van der Waals surface area contributed by atoms with E-state index in [0.29, 0.717) is 48.7 Å². The number of alkyl halides is 3. The highest BCUT2D eigenvalue weighted by Gasteiger charge is 2.31. The number of rotatable bonds is 6. The van der Waals surface area contributed by atoms with Crippen LogP contribution in [0.2, 0.25) is 0 Å². The zero-order valence-electron chi connectivity index (χ0n) is 18.7. The van der Waals surface area contributed by atoms with Gasteiger partial charge in [0.1, 0.15) is 11.6 Å². The summed E-state index contributed by atoms with van der Waals surface area (Å²) in [6, 6.07) is 12.8. The maximum atomic E-state index is 13.2. The first-order valence-electron chi connectivity index (χ1n) is 10.8. The van der Waals surface area contributed by atoms with Gasteiger partial charge in [-0.25, -0.2) is 13.7 Å². The molecule has 1 aliphatic heterocycles. The van der Waals surface area contributed by atoms with Crippen molar-refractivity contribution < 1.29 is 22.3 Å². The van der Waals surface area contributed by atoms with Gasteiger partial charge in [-0.2, -0.15) is 18.2 Å². The van der Waals surface area contributed by atoms with Crippen molar-refractivity contribution in [3.05, 3.63) is 71.7 Å². The molecule has 180 valence electrons. The molecule has 4 rings (SSSR count). The van der Waals surface area contributed by atoms with Gasteiger partial charge in [0.25, 0.3) is 0 Å². The van der Waals surface area contributed by atoms with Gasteiger partial charge in [-0.15, -0.1) is 0 Å². The lowest BCUT2D eigenvalue weighted by molar-refractivity contribution is -0.137. The Balaban J connectivity index is 1.44. The van der Waals surface area contributed by atoms with Gasteiger partial charge in [0.15, 0.2) is 0 Å². The first-order chi connectivity index (χ1) is 16.2. The summed E-state index contributed by atoms with van der Waals surface area (Å²) in [7, 11) is 0. The minimum absolute atomic E-state index is 0.148. The summed E-state index contributed by atoms with van der Waals surface area (Å²) in [6.45, 7) is 6.54. The molecule has 0 aliphatic carbocycles. The lowest BCUT2D eigenvalue weighted by atomic mass is 10.1. The second-order valence-electron chi connectivity index (χ2n) is 8.17. The molecule has 0 unspecified atom stereocenters. The topological polar surface area (TPSA) is 41.5 Å². The highest BCUT2D eigenvalue weighted by atomic mass is 32.2. The Hall–Kier alpha value is -2.85. The van der Waals surface area contributed by atoms with Gasteiger partial charge in [-0.05, 0) is 60.3 Å². The first-order valence-corrected chi connectivity index (χ1v) is 11.6. The fraction of sp³-hybridized carbons (Fsp3) is 0.333. The molecule has 0 amide bonds. The minimum atomic E-state index is -4.36. The molecule has 1 aromatic heterocycles. The van der Waals surface area contributed by atoms with Crippen molar-refractivity contribution in [2.45, 2.75) is 30.8 Å². The molecule has 2 heterocycles. The van der Waals surface area contributed by atoms with E-state index < -0.39 is 11.7 Å². The molecule has 0 bridgehead atoms. The molecule has 1 fully saturated rings. The number of nitrogens with zero attached hydrogens (tertiary/aromatic N) is 4. The maximum Gasteiger partial charge on any atom is 0.416 e. The Labute approximate surface area is 199 Å². The molecule has 0 radical (unpaired) electrons. The van der Waals surface area contributed by atoms with Crippen LogP contribution in [0.15, 0.2) is 59.5 Å². The average molecular weight is 493 g/mol. The molecule has 2 aromatic carbocycles. The van der Waals surface area contributed by atoms with Crippen LogP contribution < -0.4 is 9.64 Å². The fourth-order valence-corrected chi connectivity index (χ4v) is 4.36. The molecule has 1 aliphatic rings. The van der Waals surface area contributed by atoms with Crippen molar-refractivity contribution >= 4 is 17.9 Å². The van der Waals surface area contributed by atoms with E-state index in [4.69, 9.17) is 4.74 Å². The summed E-state index contributed by atoms with van der Waals surface area (Å²) in [4.78, 5) is 11.8. The maximum absolute atomic E-state index is 13.2. The van der Waals surface area contributed by atoms with Gasteiger partial charge in [-0.3, -0.25) is 0 Å². The van der Waals surface area contributed by atoms with Gasteiger partial charge in [-0.1, -0.05) is 19.9 Å². The summed E-state index contributed by atoms with van der Waals surface area (Å²) in [6.07, 6.45) is -4.36. The fourth-order valence-electron chi connectivity index (χ4n) is 3.40. The van der Waals surface area contributed by atoms with Crippen LogP contribution >= 0.6 is 11.9 Å². The van der Waals surface area contributed by atoms with E-state index in [-0.39, 0.29) is 11.7 Å². The Morgan fingerprint density at radius 1 is 0.941 bits per heavy atom. The number of halogens is 4. The lowest BCUT2D eigenvalue weighted by Crippen LogP contribution is -2.44. The van der Waals surface area contributed by atoms with Crippen molar-refractivity contribution in [3.8, 4) is 11.6 Å². The van der Waals surface area contributed by atoms with Crippen LogP contribution in [0.1, 0.15) is 31.0 Å². The van der Waals surface area contributed by atoms with Gasteiger partial charge in [0.05, 0.1) is 11.3 Å². The SMILES string of the molecule is CC(C)c1cc(Oc2ccc(F)cc2)nc(N2CCN(Sc3cccc(C(F)(F)F)c3)CC2)n1. The minimum Gasteiger partial charge on any atom is -0.439 e. The first kappa shape index (κ1) is 24.3. The summed E-state index contributed by atoms with van der Waals surface area (Å²) >= 11 is 1.32. The molecule has 0 atom stereocenters. The average Bonchev–Trinajstić information content (AvgIpc) is 2.80. The van der Waals surface area contributed by atoms with Gasteiger partial charge < -0.3 is 9.64 Å². The monoisotopic (exact) mass is 492 g/mol. The Morgan fingerprint density at radius 2 is 1.65 bits per heavy atom. The van der Waals surface area contributed by atoms with Crippen molar-refractivity contribution in [1.29, 1.82) is 0 Å². The van der Waals surface area contributed by atoms with Crippen molar-refractivity contribution in [1.82, 2.24) is 14.3 Å². The number of anilines is 1. The van der Waals surface area contributed by atoms with E-state index in [2.05, 4.69) is 9.97 Å². The molecule has 10 heteroatoms. The summed E-state index contributed by atoms with van der Waals surface area (Å²) in [5.74, 6) is 1.19. The molecule has 0 spiro atoms. The van der Waals surface area contributed by atoms with E-state index >= 15 is 0 Å². The van der Waals surface area contributed by atoms with Crippen molar-refractivity contribution in [2.24, 2.45) is 0 Å². The van der Waals surface area contributed by atoms with Gasteiger partial charge in [0.2, 0.25) is 11.8 Å². The Morgan fingerprint density at radius 3 is 2.29 bits per heavy atom. The third-order valence-corrected chi connectivity index (χ3v) is 6.34. The Kier molecular flexibility index (Phi) is 7.27. The van der Waals surface area contributed by atoms with E-state index in [9.17, 15) is 17.6 Å². The molecule has 34 heavy (non-hydrogen) atoms. The molecule has 0 saturated carbocycles. The van der Waals surface area contributed by atoms with E-state index in [0.717, 1.165) is 11.8 Å². The zero-order chi connectivity index (χ0) is 24.3. The van der Waals surface area contributed by atoms with E-state index in [1.807, 2.05) is 23.1 Å². The zero-order valence-corrected chi connectivity index (χ0v) is 19.5. The molecule has 5 nitrogen and oxygen atoms in total. The van der Waals surface area contributed by atoms with Crippen LogP contribution in [0.3, 0.4) is 0 Å². The van der Waals surface area contributed by atoms with Crippen LogP contribution in [0.4, 0.5) is 23.5 Å². The van der Waals surface area contributed by atoms with E-state index in [1.54, 1.807) is 12.1 Å². The quantitative estimate of drug-likeness (QED) is 0.294. The molecular weight excluding hydrogens is 468 g/mol. The number of hydrogen-bond donors (Lipinski definition) is 0. The Bertz CT molecular complexity index is 1120.